The second-order valence-corrected chi connectivity index (χ2v) is 4.51. The Hall–Kier alpha value is -1.95. The molecule has 19 heavy (non-hydrogen) atoms. The summed E-state index contributed by atoms with van der Waals surface area (Å²) >= 11 is 0. The number of amides is 2. The van der Waals surface area contributed by atoms with Gasteiger partial charge in [-0.05, 0) is 18.6 Å². The Labute approximate surface area is 113 Å². The summed E-state index contributed by atoms with van der Waals surface area (Å²) in [6.45, 7) is 1.97. The van der Waals surface area contributed by atoms with E-state index in [0.717, 1.165) is 6.42 Å². The Morgan fingerprint density at radius 3 is 2.74 bits per heavy atom. The number of anilines is 1. The number of hydrogen-bond acceptors (Lipinski definition) is 4. The van der Waals surface area contributed by atoms with Crippen molar-refractivity contribution in [3.8, 4) is 0 Å². The lowest BCUT2D eigenvalue weighted by Crippen LogP contribution is -2.35. The van der Waals surface area contributed by atoms with Crippen LogP contribution in [0.25, 0.3) is 0 Å². The van der Waals surface area contributed by atoms with Gasteiger partial charge >= 0.3 is 0 Å². The number of rotatable bonds is 5. The summed E-state index contributed by atoms with van der Waals surface area (Å²) < 4.78 is 0. The van der Waals surface area contributed by atoms with Crippen LogP contribution in [0.3, 0.4) is 0 Å². The highest BCUT2D eigenvalue weighted by Crippen LogP contribution is 2.10. The molecule has 0 fully saturated rings. The zero-order valence-corrected chi connectivity index (χ0v) is 11.5. The highest BCUT2D eigenvalue weighted by Gasteiger charge is 2.14. The molecule has 3 N–H and O–H groups in total. The lowest BCUT2D eigenvalue weighted by molar-refractivity contribution is -0.117. The summed E-state index contributed by atoms with van der Waals surface area (Å²) in [6, 6.07) is 2.63. The maximum absolute atomic E-state index is 11.8. The second-order valence-electron chi connectivity index (χ2n) is 4.51. The zero-order valence-electron chi connectivity index (χ0n) is 11.5. The SMILES string of the molecule is CCC[C@H](N)C(=O)Nc1ccnc(C(=O)N(C)C)c1. The fourth-order valence-electron chi connectivity index (χ4n) is 1.53. The standard InChI is InChI=1S/C13H20N4O2/c1-4-5-10(14)12(18)16-9-6-7-15-11(8-9)13(19)17(2)3/h6-8,10H,4-5,14H2,1-3H3,(H,15,16,18)/t10-/m0/s1. The van der Waals surface area contributed by atoms with Crippen molar-refractivity contribution < 1.29 is 9.59 Å². The van der Waals surface area contributed by atoms with Gasteiger partial charge in [0.25, 0.3) is 5.91 Å². The Morgan fingerprint density at radius 2 is 2.16 bits per heavy atom. The molecule has 0 aromatic carbocycles. The molecule has 0 unspecified atom stereocenters. The first kappa shape index (κ1) is 15.1. The molecule has 0 radical (unpaired) electrons. The highest BCUT2D eigenvalue weighted by atomic mass is 16.2. The van der Waals surface area contributed by atoms with E-state index in [1.807, 2.05) is 6.92 Å². The molecule has 0 saturated carbocycles. The molecule has 6 heteroatoms. The van der Waals surface area contributed by atoms with E-state index < -0.39 is 6.04 Å². The van der Waals surface area contributed by atoms with Crippen molar-refractivity contribution in [3.05, 3.63) is 24.0 Å². The van der Waals surface area contributed by atoms with Crippen molar-refractivity contribution in [1.29, 1.82) is 0 Å². The maximum atomic E-state index is 11.8. The van der Waals surface area contributed by atoms with E-state index in [0.29, 0.717) is 12.1 Å². The molecule has 1 atom stereocenters. The smallest absolute Gasteiger partial charge is 0.272 e. The molecule has 1 rings (SSSR count). The predicted octanol–water partition coefficient (Wildman–Crippen LogP) is 0.849. The minimum Gasteiger partial charge on any atom is -0.343 e. The van der Waals surface area contributed by atoms with Crippen LogP contribution in [0.4, 0.5) is 5.69 Å². The molecule has 1 aromatic rings. The molecule has 2 amide bonds. The minimum atomic E-state index is -0.536. The normalized spacial score (nSPS) is 11.8. The largest absolute Gasteiger partial charge is 0.343 e. The van der Waals surface area contributed by atoms with Crippen molar-refractivity contribution in [2.24, 2.45) is 5.73 Å². The van der Waals surface area contributed by atoms with Crippen LogP contribution < -0.4 is 11.1 Å². The summed E-state index contributed by atoms with van der Waals surface area (Å²) in [7, 11) is 3.29. The molecule has 6 nitrogen and oxygen atoms in total. The number of hydrogen-bond donors (Lipinski definition) is 2. The van der Waals surface area contributed by atoms with Gasteiger partial charge in [-0.15, -0.1) is 0 Å². The van der Waals surface area contributed by atoms with Crippen LogP contribution in [-0.2, 0) is 4.79 Å². The summed E-state index contributed by atoms with van der Waals surface area (Å²) in [6.07, 6.45) is 2.95. The Balaban J connectivity index is 2.77. The van der Waals surface area contributed by atoms with E-state index in [1.54, 1.807) is 26.2 Å². The van der Waals surface area contributed by atoms with Crippen LogP contribution in [0.1, 0.15) is 30.3 Å². The summed E-state index contributed by atoms with van der Waals surface area (Å²) in [5.41, 5.74) is 6.53. The van der Waals surface area contributed by atoms with Gasteiger partial charge in [0, 0.05) is 26.0 Å². The maximum Gasteiger partial charge on any atom is 0.272 e. The van der Waals surface area contributed by atoms with Crippen molar-refractivity contribution in [1.82, 2.24) is 9.88 Å². The van der Waals surface area contributed by atoms with Gasteiger partial charge in [0.2, 0.25) is 5.91 Å². The first-order valence-electron chi connectivity index (χ1n) is 6.19. The summed E-state index contributed by atoms with van der Waals surface area (Å²) in [4.78, 5) is 28.9. The number of carbonyl (C=O) groups excluding carboxylic acids is 2. The van der Waals surface area contributed by atoms with Crippen LogP contribution in [0.5, 0.6) is 0 Å². The first-order valence-corrected chi connectivity index (χ1v) is 6.19. The van der Waals surface area contributed by atoms with Gasteiger partial charge in [0.1, 0.15) is 5.69 Å². The van der Waals surface area contributed by atoms with Gasteiger partial charge in [0.15, 0.2) is 0 Å². The quantitative estimate of drug-likeness (QED) is 0.825. The van der Waals surface area contributed by atoms with E-state index in [9.17, 15) is 9.59 Å². The van der Waals surface area contributed by atoms with Crippen LogP contribution in [0, 0.1) is 0 Å². The fraction of sp³-hybridized carbons (Fsp3) is 0.462. The molecule has 0 aliphatic heterocycles. The molecule has 0 aliphatic carbocycles. The Morgan fingerprint density at radius 1 is 1.47 bits per heavy atom. The minimum absolute atomic E-state index is 0.214. The van der Waals surface area contributed by atoms with Crippen LogP contribution in [-0.4, -0.2) is 41.8 Å². The van der Waals surface area contributed by atoms with Crippen molar-refractivity contribution in [2.45, 2.75) is 25.8 Å². The number of nitrogens with two attached hydrogens (primary N) is 1. The van der Waals surface area contributed by atoms with Crippen LogP contribution >= 0.6 is 0 Å². The van der Waals surface area contributed by atoms with Gasteiger partial charge in [-0.3, -0.25) is 14.6 Å². The van der Waals surface area contributed by atoms with E-state index in [1.165, 1.54) is 11.1 Å². The van der Waals surface area contributed by atoms with Gasteiger partial charge in [-0.2, -0.15) is 0 Å². The second kappa shape index (κ2) is 6.84. The van der Waals surface area contributed by atoms with E-state index in [4.69, 9.17) is 5.73 Å². The number of nitrogens with one attached hydrogen (secondary N) is 1. The van der Waals surface area contributed by atoms with Crippen molar-refractivity contribution >= 4 is 17.5 Å². The zero-order chi connectivity index (χ0) is 14.4. The fourth-order valence-corrected chi connectivity index (χ4v) is 1.53. The average molecular weight is 264 g/mol. The van der Waals surface area contributed by atoms with Gasteiger partial charge in [-0.1, -0.05) is 13.3 Å². The number of pyridine rings is 1. The third-order valence-electron chi connectivity index (χ3n) is 2.59. The molecular weight excluding hydrogens is 244 g/mol. The molecule has 1 aromatic heterocycles. The summed E-state index contributed by atoms with van der Waals surface area (Å²) in [5.74, 6) is -0.467. The molecule has 1 heterocycles. The lowest BCUT2D eigenvalue weighted by Gasteiger charge is -2.13. The number of aromatic nitrogens is 1. The third-order valence-corrected chi connectivity index (χ3v) is 2.59. The Kier molecular flexibility index (Phi) is 5.44. The topological polar surface area (TPSA) is 88.3 Å². The third kappa shape index (κ3) is 4.33. The van der Waals surface area contributed by atoms with Gasteiger partial charge < -0.3 is 16.0 Å². The average Bonchev–Trinajstić information content (AvgIpc) is 2.38. The lowest BCUT2D eigenvalue weighted by atomic mass is 10.1. The van der Waals surface area contributed by atoms with Crippen LogP contribution in [0.2, 0.25) is 0 Å². The molecule has 0 saturated heterocycles. The number of nitrogens with zero attached hydrogens (tertiary/aromatic N) is 2. The molecule has 0 spiro atoms. The Bertz CT molecular complexity index is 460. The van der Waals surface area contributed by atoms with E-state index in [2.05, 4.69) is 10.3 Å². The highest BCUT2D eigenvalue weighted by molar-refractivity contribution is 5.97. The van der Waals surface area contributed by atoms with Gasteiger partial charge in [-0.25, -0.2) is 0 Å². The van der Waals surface area contributed by atoms with Gasteiger partial charge in [0.05, 0.1) is 6.04 Å². The van der Waals surface area contributed by atoms with E-state index >= 15 is 0 Å². The summed E-state index contributed by atoms with van der Waals surface area (Å²) in [5, 5.41) is 2.69. The van der Waals surface area contributed by atoms with Crippen molar-refractivity contribution in [3.63, 3.8) is 0 Å². The molecule has 104 valence electrons. The van der Waals surface area contributed by atoms with E-state index in [-0.39, 0.29) is 17.5 Å². The predicted molar refractivity (Wildman–Crippen MR) is 73.8 cm³/mol. The molecule has 0 aliphatic rings. The molecule has 0 bridgehead atoms. The van der Waals surface area contributed by atoms with Crippen molar-refractivity contribution in [2.75, 3.05) is 19.4 Å². The van der Waals surface area contributed by atoms with Crippen LogP contribution in [0.15, 0.2) is 18.3 Å². The number of carbonyl (C=O) groups is 2. The molecular formula is C13H20N4O2. The monoisotopic (exact) mass is 264 g/mol. The first-order chi connectivity index (χ1) is 8.95.